The summed E-state index contributed by atoms with van der Waals surface area (Å²) in [5, 5.41) is 17.5. The fourth-order valence-electron chi connectivity index (χ4n) is 0.312. The largest absolute Gasteiger partial charge is 0.379 e. The molecule has 0 heterocycles. The lowest BCUT2D eigenvalue weighted by molar-refractivity contribution is -0.0665. The quantitative estimate of drug-likeness (QED) is 0.518. The van der Waals surface area contributed by atoms with Crippen molar-refractivity contribution >= 4 is 0 Å². The van der Waals surface area contributed by atoms with E-state index < -0.39 is 12.5 Å². The molecule has 0 aliphatic rings. The predicted octanol–water partition coefficient (Wildman–Crippen LogP) is -0.253. The lowest BCUT2D eigenvalue weighted by atomic mass is 10.5. The molecule has 2 atom stereocenters. The Balaban J connectivity index is 0. The molecule has 0 radical (unpaired) electrons. The molecule has 2 N–H and O–H groups in total. The molecule has 0 amide bonds. The van der Waals surface area contributed by atoms with Crippen LogP contribution in [0.4, 0.5) is 4.70 Å². The summed E-state index contributed by atoms with van der Waals surface area (Å²) in [4.78, 5) is 1.44. The number of rotatable bonds is 2. The Bertz CT molecular complexity index is 60.0. The number of nitrogens with zero attached hydrogens (tertiary/aromatic N) is 1. The van der Waals surface area contributed by atoms with Crippen molar-refractivity contribution in [1.29, 1.82) is 0 Å². The maximum Gasteiger partial charge on any atom is 0.106 e. The van der Waals surface area contributed by atoms with Gasteiger partial charge in [-0.3, -0.25) is 9.60 Å². The van der Waals surface area contributed by atoms with Crippen LogP contribution < -0.4 is 0 Å². The molecule has 0 saturated heterocycles. The Morgan fingerprint density at radius 1 is 1.11 bits per heavy atom. The topological polar surface area (TPSA) is 43.7 Å². The number of halogens is 1. The Kier molecular flexibility index (Phi) is 6.01. The third-order valence-electron chi connectivity index (χ3n) is 1.18. The van der Waals surface area contributed by atoms with Gasteiger partial charge in [0, 0.05) is 0 Å². The highest BCUT2D eigenvalue weighted by atomic mass is 19.0. The van der Waals surface area contributed by atoms with Crippen LogP contribution in [0, 0.1) is 0 Å². The predicted molar refractivity (Wildman–Crippen MR) is 33.6 cm³/mol. The Labute approximate surface area is 54.3 Å². The van der Waals surface area contributed by atoms with Gasteiger partial charge in [-0.25, -0.2) is 0 Å². The molecule has 0 aromatic rings. The third kappa shape index (κ3) is 4.32. The van der Waals surface area contributed by atoms with Gasteiger partial charge in [0.2, 0.25) is 0 Å². The molecule has 0 aromatic heterocycles. The SMILES string of the molecule is CC(O)N(C)C(C)O.F. The number of hydrogen-bond acceptors (Lipinski definition) is 3. The van der Waals surface area contributed by atoms with Gasteiger partial charge in [-0.05, 0) is 20.9 Å². The molecule has 0 fully saturated rings. The van der Waals surface area contributed by atoms with Gasteiger partial charge in [-0.1, -0.05) is 0 Å². The van der Waals surface area contributed by atoms with Gasteiger partial charge >= 0.3 is 0 Å². The van der Waals surface area contributed by atoms with Crippen molar-refractivity contribution < 1.29 is 14.9 Å². The molecule has 9 heavy (non-hydrogen) atoms. The zero-order chi connectivity index (χ0) is 6.73. The minimum atomic E-state index is -0.574. The van der Waals surface area contributed by atoms with E-state index in [9.17, 15) is 0 Å². The van der Waals surface area contributed by atoms with Crippen LogP contribution in [0.5, 0.6) is 0 Å². The Morgan fingerprint density at radius 3 is 1.33 bits per heavy atom. The smallest absolute Gasteiger partial charge is 0.106 e. The zero-order valence-electron chi connectivity index (χ0n) is 5.90. The minimum absolute atomic E-state index is 0. The summed E-state index contributed by atoms with van der Waals surface area (Å²) in [5.41, 5.74) is 0. The standard InChI is InChI=1S/C5H13NO2.FH/c1-4(7)6(3)5(2)8;/h4-5,7-8H,1-3H3;1H. The fourth-order valence-corrected chi connectivity index (χ4v) is 0.312. The second kappa shape index (κ2) is 4.67. The molecular formula is C5H14FNO2. The van der Waals surface area contributed by atoms with Gasteiger partial charge in [0.05, 0.1) is 0 Å². The summed E-state index contributed by atoms with van der Waals surface area (Å²) in [6.45, 7) is 3.21. The van der Waals surface area contributed by atoms with E-state index in [0.717, 1.165) is 0 Å². The third-order valence-corrected chi connectivity index (χ3v) is 1.18. The Morgan fingerprint density at radius 2 is 1.33 bits per heavy atom. The summed E-state index contributed by atoms with van der Waals surface area (Å²) < 4.78 is 0. The zero-order valence-corrected chi connectivity index (χ0v) is 5.90. The van der Waals surface area contributed by atoms with Crippen LogP contribution in [-0.2, 0) is 0 Å². The van der Waals surface area contributed by atoms with Crippen LogP contribution in [-0.4, -0.2) is 34.6 Å². The second-order valence-corrected chi connectivity index (χ2v) is 1.93. The van der Waals surface area contributed by atoms with Gasteiger partial charge in [0.1, 0.15) is 12.5 Å². The first kappa shape index (κ1) is 11.6. The van der Waals surface area contributed by atoms with Gasteiger partial charge < -0.3 is 10.2 Å². The molecule has 3 nitrogen and oxygen atoms in total. The second-order valence-electron chi connectivity index (χ2n) is 1.93. The first-order chi connectivity index (χ1) is 3.55. The van der Waals surface area contributed by atoms with Crippen molar-refractivity contribution in [3.8, 4) is 0 Å². The maximum absolute atomic E-state index is 8.76. The summed E-state index contributed by atoms with van der Waals surface area (Å²) in [6, 6.07) is 0. The van der Waals surface area contributed by atoms with Crippen LogP contribution >= 0.6 is 0 Å². The van der Waals surface area contributed by atoms with Crippen molar-refractivity contribution in [3.05, 3.63) is 0 Å². The van der Waals surface area contributed by atoms with Crippen LogP contribution in [0.3, 0.4) is 0 Å². The molecule has 4 heteroatoms. The molecule has 2 unspecified atom stereocenters. The number of aliphatic hydroxyl groups excluding tert-OH is 2. The highest BCUT2D eigenvalue weighted by Gasteiger charge is 2.08. The Hall–Kier alpha value is -0.190. The van der Waals surface area contributed by atoms with Crippen LogP contribution in [0.2, 0.25) is 0 Å². The molecule has 0 aliphatic carbocycles. The summed E-state index contributed by atoms with van der Waals surface area (Å²) in [7, 11) is 1.65. The normalized spacial score (nSPS) is 16.7. The molecular weight excluding hydrogens is 125 g/mol. The van der Waals surface area contributed by atoms with E-state index in [-0.39, 0.29) is 4.70 Å². The molecule has 0 spiro atoms. The number of hydrogen-bond donors (Lipinski definition) is 2. The van der Waals surface area contributed by atoms with E-state index >= 15 is 0 Å². The minimum Gasteiger partial charge on any atom is -0.379 e. The van der Waals surface area contributed by atoms with E-state index in [2.05, 4.69) is 0 Å². The summed E-state index contributed by atoms with van der Waals surface area (Å²) in [5.74, 6) is 0. The van der Waals surface area contributed by atoms with Crippen molar-refractivity contribution in [3.63, 3.8) is 0 Å². The van der Waals surface area contributed by atoms with E-state index in [1.807, 2.05) is 0 Å². The van der Waals surface area contributed by atoms with Crippen LogP contribution in [0.15, 0.2) is 0 Å². The molecule has 0 bridgehead atoms. The van der Waals surface area contributed by atoms with Gasteiger partial charge in [-0.15, -0.1) is 0 Å². The molecule has 58 valence electrons. The van der Waals surface area contributed by atoms with Crippen LogP contribution in [0.1, 0.15) is 13.8 Å². The van der Waals surface area contributed by atoms with Crippen molar-refractivity contribution in [2.75, 3.05) is 7.05 Å². The summed E-state index contributed by atoms with van der Waals surface area (Å²) >= 11 is 0. The van der Waals surface area contributed by atoms with Crippen LogP contribution in [0.25, 0.3) is 0 Å². The molecule has 0 rings (SSSR count). The van der Waals surface area contributed by atoms with Crippen molar-refractivity contribution in [1.82, 2.24) is 4.90 Å². The van der Waals surface area contributed by atoms with E-state index in [1.54, 1.807) is 20.9 Å². The first-order valence-electron chi connectivity index (χ1n) is 2.63. The molecule has 0 aliphatic heterocycles. The highest BCUT2D eigenvalue weighted by molar-refractivity contribution is 4.48. The average molecular weight is 139 g/mol. The van der Waals surface area contributed by atoms with Gasteiger partial charge in [-0.2, -0.15) is 0 Å². The highest BCUT2D eigenvalue weighted by Crippen LogP contribution is 1.93. The van der Waals surface area contributed by atoms with Crippen molar-refractivity contribution in [2.24, 2.45) is 0 Å². The first-order valence-corrected chi connectivity index (χ1v) is 2.63. The summed E-state index contributed by atoms with van der Waals surface area (Å²) in [6.07, 6.45) is -1.15. The number of aliphatic hydroxyl groups is 2. The fraction of sp³-hybridized carbons (Fsp3) is 1.00. The van der Waals surface area contributed by atoms with Gasteiger partial charge in [0.15, 0.2) is 0 Å². The molecule has 0 aromatic carbocycles. The maximum atomic E-state index is 8.76. The lowest BCUT2D eigenvalue weighted by Gasteiger charge is -2.22. The van der Waals surface area contributed by atoms with Crippen molar-refractivity contribution in [2.45, 2.75) is 26.3 Å². The monoisotopic (exact) mass is 139 g/mol. The average Bonchev–Trinajstić information content (AvgIpc) is 1.64. The van der Waals surface area contributed by atoms with E-state index in [1.165, 1.54) is 4.90 Å². The lowest BCUT2D eigenvalue weighted by Crippen LogP contribution is -2.36. The molecule has 0 saturated carbocycles. The van der Waals surface area contributed by atoms with Gasteiger partial charge in [0.25, 0.3) is 0 Å². The van der Waals surface area contributed by atoms with E-state index in [4.69, 9.17) is 10.2 Å². The van der Waals surface area contributed by atoms with E-state index in [0.29, 0.717) is 0 Å².